The van der Waals surface area contributed by atoms with Crippen LogP contribution in [0.3, 0.4) is 0 Å². The summed E-state index contributed by atoms with van der Waals surface area (Å²) in [6.07, 6.45) is 1.50. The normalized spacial score (nSPS) is 14.3. The van der Waals surface area contributed by atoms with Gasteiger partial charge in [0.05, 0.1) is 11.4 Å². The van der Waals surface area contributed by atoms with Crippen LogP contribution in [0, 0.1) is 0 Å². The largest absolute Gasteiger partial charge is 0.494 e. The number of aromatic amines is 2. The van der Waals surface area contributed by atoms with E-state index in [0.717, 1.165) is 11.1 Å². The van der Waals surface area contributed by atoms with E-state index in [9.17, 15) is 14.7 Å². The molecule has 2 heterocycles. The van der Waals surface area contributed by atoms with Crippen molar-refractivity contribution in [3.05, 3.63) is 91.1 Å². The molecule has 0 bridgehead atoms. The van der Waals surface area contributed by atoms with Crippen LogP contribution in [0.25, 0.3) is 11.6 Å². The number of halogens is 1. The Hall–Kier alpha value is -3.38. The monoisotopic (exact) mass is 365 g/mol. The van der Waals surface area contributed by atoms with Crippen molar-refractivity contribution in [1.82, 2.24) is 9.97 Å². The second kappa shape index (κ2) is 6.16. The van der Waals surface area contributed by atoms with Crippen LogP contribution in [0.2, 0.25) is 5.02 Å². The second-order valence-corrected chi connectivity index (χ2v) is 6.15. The van der Waals surface area contributed by atoms with Crippen molar-refractivity contribution in [1.29, 1.82) is 0 Å². The summed E-state index contributed by atoms with van der Waals surface area (Å²) >= 11 is 6.13. The van der Waals surface area contributed by atoms with Gasteiger partial charge < -0.3 is 5.11 Å². The number of allylic oxidation sites excluding steroid dienone is 1. The van der Waals surface area contributed by atoms with Crippen molar-refractivity contribution >= 4 is 34.6 Å². The van der Waals surface area contributed by atoms with Gasteiger partial charge in [0.1, 0.15) is 5.56 Å². The Labute approximate surface area is 152 Å². The fourth-order valence-corrected chi connectivity index (χ4v) is 3.03. The Morgan fingerprint density at radius 2 is 1.81 bits per heavy atom. The van der Waals surface area contributed by atoms with Gasteiger partial charge in [-0.1, -0.05) is 41.9 Å². The van der Waals surface area contributed by atoms with Crippen LogP contribution in [0.1, 0.15) is 16.7 Å². The molecule has 0 radical (unpaired) electrons. The third-order valence-electron chi connectivity index (χ3n) is 4.03. The number of aliphatic imine (C=N–C) groups is 1. The molecule has 0 aliphatic carbocycles. The van der Waals surface area contributed by atoms with Crippen LogP contribution in [0.4, 0.5) is 5.69 Å². The highest BCUT2D eigenvalue weighted by atomic mass is 35.5. The molecule has 2 aromatic carbocycles. The Kier molecular flexibility index (Phi) is 3.82. The molecule has 0 fully saturated rings. The number of nitrogens with zero attached hydrogens (tertiary/aromatic N) is 1. The van der Waals surface area contributed by atoms with Gasteiger partial charge >= 0.3 is 5.69 Å². The molecule has 0 amide bonds. The quantitative estimate of drug-likeness (QED) is 0.650. The maximum Gasteiger partial charge on any atom is 0.328 e. The molecular weight excluding hydrogens is 354 g/mol. The first-order valence-corrected chi connectivity index (χ1v) is 8.12. The lowest BCUT2D eigenvalue weighted by molar-refractivity contribution is 0.447. The van der Waals surface area contributed by atoms with Gasteiger partial charge in [0.2, 0.25) is 5.88 Å². The van der Waals surface area contributed by atoms with Crippen molar-refractivity contribution in [2.75, 3.05) is 0 Å². The fourth-order valence-electron chi connectivity index (χ4n) is 2.85. The lowest BCUT2D eigenvalue weighted by Gasteiger charge is -2.07. The zero-order valence-corrected chi connectivity index (χ0v) is 14.0. The first-order valence-electron chi connectivity index (χ1n) is 7.74. The first kappa shape index (κ1) is 16.1. The van der Waals surface area contributed by atoms with E-state index in [0.29, 0.717) is 22.0 Å². The van der Waals surface area contributed by atoms with Gasteiger partial charge in [0, 0.05) is 21.7 Å². The predicted molar refractivity (Wildman–Crippen MR) is 101 cm³/mol. The summed E-state index contributed by atoms with van der Waals surface area (Å²) in [5.41, 5.74) is 2.04. The molecule has 1 aliphatic heterocycles. The zero-order chi connectivity index (χ0) is 18.3. The van der Waals surface area contributed by atoms with E-state index in [1.54, 1.807) is 18.2 Å². The van der Waals surface area contributed by atoms with Gasteiger partial charge in [0.15, 0.2) is 0 Å². The summed E-state index contributed by atoms with van der Waals surface area (Å²) in [5.74, 6) is -0.505. The summed E-state index contributed by atoms with van der Waals surface area (Å²) in [5, 5.41) is 10.5. The first-order chi connectivity index (χ1) is 12.5. The van der Waals surface area contributed by atoms with Gasteiger partial charge in [0.25, 0.3) is 5.56 Å². The number of hydrogen-bond donors (Lipinski definition) is 3. The minimum atomic E-state index is -0.776. The molecule has 0 saturated carbocycles. The van der Waals surface area contributed by atoms with Crippen molar-refractivity contribution in [3.8, 4) is 5.88 Å². The van der Waals surface area contributed by atoms with Crippen molar-refractivity contribution in [2.24, 2.45) is 4.99 Å². The van der Waals surface area contributed by atoms with Crippen LogP contribution in [-0.2, 0) is 0 Å². The Balaban J connectivity index is 1.98. The van der Waals surface area contributed by atoms with E-state index in [-0.39, 0.29) is 5.56 Å². The molecule has 0 saturated heterocycles. The second-order valence-electron chi connectivity index (χ2n) is 5.72. The fraction of sp³-hybridized carbons (Fsp3) is 0. The van der Waals surface area contributed by atoms with Gasteiger partial charge in [-0.05, 0) is 24.3 Å². The smallest absolute Gasteiger partial charge is 0.328 e. The van der Waals surface area contributed by atoms with Crippen molar-refractivity contribution in [3.63, 3.8) is 0 Å². The van der Waals surface area contributed by atoms with E-state index in [1.165, 1.54) is 6.08 Å². The topological polar surface area (TPSA) is 98.3 Å². The van der Waals surface area contributed by atoms with E-state index in [4.69, 9.17) is 11.6 Å². The lowest BCUT2D eigenvalue weighted by atomic mass is 9.96. The van der Waals surface area contributed by atoms with Gasteiger partial charge in [-0.25, -0.2) is 9.79 Å². The minimum Gasteiger partial charge on any atom is -0.494 e. The maximum atomic E-state index is 12.1. The standard InChI is InChI=1S/C19H12ClN3O3/c20-11-6-7-15-12(8-11)13(16(21-15)10-4-2-1-3-5-10)9-14-17(24)22-19(26)23-18(14)25/h1-9H,(H3,22,23,24,25,26)/b13-9+. The Bertz CT molecular complexity index is 1190. The van der Waals surface area contributed by atoms with E-state index in [1.807, 2.05) is 30.3 Å². The third-order valence-corrected chi connectivity index (χ3v) is 4.27. The molecule has 4 rings (SSSR count). The summed E-state index contributed by atoms with van der Waals surface area (Å²) in [7, 11) is 0. The number of nitrogens with one attached hydrogen (secondary N) is 2. The van der Waals surface area contributed by atoms with Crippen molar-refractivity contribution in [2.45, 2.75) is 0 Å². The van der Waals surface area contributed by atoms with Crippen LogP contribution in [-0.4, -0.2) is 20.8 Å². The van der Waals surface area contributed by atoms with Gasteiger partial charge in [-0.3, -0.25) is 14.8 Å². The van der Waals surface area contributed by atoms with E-state index < -0.39 is 17.1 Å². The highest BCUT2D eigenvalue weighted by Gasteiger charge is 2.23. The number of H-pyrrole nitrogens is 2. The molecule has 128 valence electrons. The Morgan fingerprint density at radius 3 is 2.54 bits per heavy atom. The number of rotatable bonds is 2. The SMILES string of the molecule is O=c1[nH]c(O)c(/C=C2/C(c3ccccc3)=Nc3ccc(Cl)cc32)c(=O)[nH]1. The van der Waals surface area contributed by atoms with Crippen LogP contribution < -0.4 is 11.2 Å². The summed E-state index contributed by atoms with van der Waals surface area (Å²) in [4.78, 5) is 32.3. The lowest BCUT2D eigenvalue weighted by Crippen LogP contribution is -2.23. The molecule has 6 nitrogen and oxygen atoms in total. The highest BCUT2D eigenvalue weighted by molar-refractivity contribution is 6.39. The van der Waals surface area contributed by atoms with Crippen LogP contribution in [0.5, 0.6) is 5.88 Å². The third kappa shape index (κ3) is 2.76. The number of fused-ring (bicyclic) bond motifs is 1. The summed E-state index contributed by atoms with van der Waals surface area (Å²) < 4.78 is 0. The number of hydrogen-bond acceptors (Lipinski definition) is 4. The molecule has 26 heavy (non-hydrogen) atoms. The minimum absolute atomic E-state index is 0.0592. The highest BCUT2D eigenvalue weighted by Crippen LogP contribution is 2.39. The molecule has 0 atom stereocenters. The average molecular weight is 366 g/mol. The van der Waals surface area contributed by atoms with E-state index >= 15 is 0 Å². The van der Waals surface area contributed by atoms with Gasteiger partial charge in [-0.2, -0.15) is 0 Å². The number of benzene rings is 2. The zero-order valence-electron chi connectivity index (χ0n) is 13.3. The molecule has 3 aromatic rings. The molecule has 0 spiro atoms. The number of aromatic hydroxyl groups is 1. The van der Waals surface area contributed by atoms with Gasteiger partial charge in [-0.15, -0.1) is 0 Å². The molecule has 0 unspecified atom stereocenters. The molecule has 1 aromatic heterocycles. The predicted octanol–water partition coefficient (Wildman–Crippen LogP) is 3.10. The maximum absolute atomic E-state index is 12.1. The summed E-state index contributed by atoms with van der Waals surface area (Å²) in [6.45, 7) is 0. The van der Waals surface area contributed by atoms with Crippen molar-refractivity contribution < 1.29 is 5.11 Å². The Morgan fingerprint density at radius 1 is 1.04 bits per heavy atom. The van der Waals surface area contributed by atoms with Crippen LogP contribution >= 0.6 is 11.6 Å². The molecular formula is C19H12ClN3O3. The molecule has 1 aliphatic rings. The molecule has 7 heteroatoms. The molecule has 3 N–H and O–H groups in total. The average Bonchev–Trinajstić information content (AvgIpc) is 2.96. The van der Waals surface area contributed by atoms with E-state index in [2.05, 4.69) is 15.0 Å². The number of aromatic nitrogens is 2. The summed E-state index contributed by atoms with van der Waals surface area (Å²) in [6, 6.07) is 14.7. The van der Waals surface area contributed by atoms with Crippen LogP contribution in [0.15, 0.2) is 63.1 Å².